The molecule has 0 aliphatic rings. The van der Waals surface area contributed by atoms with Crippen molar-refractivity contribution < 1.29 is 22.7 Å². The number of nitrogens with one attached hydrogen (secondary N) is 1. The Morgan fingerprint density at radius 2 is 1.81 bits per heavy atom. The predicted octanol–water partition coefficient (Wildman–Crippen LogP) is 5.40. The zero-order valence-corrected chi connectivity index (χ0v) is 19.2. The van der Waals surface area contributed by atoms with Gasteiger partial charge >= 0.3 is 6.18 Å². The maximum atomic E-state index is 12.7. The number of likely N-dealkylation sites (N-methyl/N-ethyl adjacent to an activating group) is 1. The molecule has 2 rings (SSSR count). The first-order valence-corrected chi connectivity index (χ1v) is 10.7. The van der Waals surface area contributed by atoms with Gasteiger partial charge < -0.3 is 15.0 Å². The summed E-state index contributed by atoms with van der Waals surface area (Å²) in [6.07, 6.45) is -4.50. The second kappa shape index (κ2) is 12.0. The average Bonchev–Trinajstić information content (AvgIpc) is 2.75. The molecule has 0 aliphatic carbocycles. The van der Waals surface area contributed by atoms with Crippen molar-refractivity contribution in [2.75, 3.05) is 26.2 Å². The molecule has 0 saturated carbocycles. The van der Waals surface area contributed by atoms with Crippen LogP contribution in [0.3, 0.4) is 0 Å². The number of nitrogens with zero attached hydrogens (tertiary/aromatic N) is 1. The Bertz CT molecular complexity index is 997. The number of hydrogen-bond donors (Lipinski definition) is 1. The third-order valence-electron chi connectivity index (χ3n) is 4.62. The van der Waals surface area contributed by atoms with E-state index in [9.17, 15) is 18.0 Å². The summed E-state index contributed by atoms with van der Waals surface area (Å²) in [5, 5.41) is 2.85. The number of amides is 1. The van der Waals surface area contributed by atoms with E-state index in [0.29, 0.717) is 17.4 Å². The summed E-state index contributed by atoms with van der Waals surface area (Å²) in [4.78, 5) is 14.2. The van der Waals surface area contributed by atoms with Crippen molar-refractivity contribution in [3.8, 4) is 17.6 Å². The van der Waals surface area contributed by atoms with E-state index in [0.717, 1.165) is 43.4 Å². The van der Waals surface area contributed by atoms with Gasteiger partial charge in [0, 0.05) is 24.6 Å². The molecule has 1 N–H and O–H groups in total. The number of benzene rings is 2. The van der Waals surface area contributed by atoms with Gasteiger partial charge in [0.1, 0.15) is 12.4 Å². The molecule has 4 nitrogen and oxygen atoms in total. The molecule has 0 heterocycles. The van der Waals surface area contributed by atoms with Gasteiger partial charge in [-0.15, -0.1) is 0 Å². The fraction of sp³-hybridized carbons (Fsp3) is 0.348. The number of carbonyl (C=O) groups excluding carboxylic acids is 1. The van der Waals surface area contributed by atoms with Crippen LogP contribution >= 0.6 is 23.2 Å². The zero-order valence-electron chi connectivity index (χ0n) is 17.7. The van der Waals surface area contributed by atoms with Crippen LogP contribution in [0.25, 0.3) is 0 Å². The van der Waals surface area contributed by atoms with Gasteiger partial charge in [-0.1, -0.05) is 49.0 Å². The van der Waals surface area contributed by atoms with Crippen LogP contribution in [0.2, 0.25) is 10.0 Å². The highest BCUT2D eigenvalue weighted by Crippen LogP contribution is 2.31. The lowest BCUT2D eigenvalue weighted by atomic mass is 10.1. The predicted molar refractivity (Wildman–Crippen MR) is 120 cm³/mol. The number of carbonyl (C=O) groups is 1. The van der Waals surface area contributed by atoms with Gasteiger partial charge in [-0.2, -0.15) is 13.2 Å². The molecular formula is C23H23Cl2F3N2O2. The Kier molecular flexibility index (Phi) is 9.70. The molecule has 0 aromatic heterocycles. The second-order valence-electron chi connectivity index (χ2n) is 6.77. The minimum atomic E-state index is -4.50. The summed E-state index contributed by atoms with van der Waals surface area (Å²) < 4.78 is 43.7. The number of hydrogen-bond acceptors (Lipinski definition) is 3. The van der Waals surface area contributed by atoms with Crippen LogP contribution in [0.15, 0.2) is 36.4 Å². The van der Waals surface area contributed by atoms with Crippen molar-refractivity contribution in [3.05, 3.63) is 63.1 Å². The molecule has 2 aromatic carbocycles. The quantitative estimate of drug-likeness (QED) is 0.507. The van der Waals surface area contributed by atoms with Crippen molar-refractivity contribution in [1.29, 1.82) is 0 Å². The molecule has 32 heavy (non-hydrogen) atoms. The molecular weight excluding hydrogens is 464 g/mol. The van der Waals surface area contributed by atoms with Crippen LogP contribution in [0.5, 0.6) is 5.75 Å². The van der Waals surface area contributed by atoms with Gasteiger partial charge in [-0.05, 0) is 49.0 Å². The van der Waals surface area contributed by atoms with Gasteiger partial charge in [0.05, 0.1) is 15.6 Å². The Labute approximate surface area is 195 Å². The molecule has 1 amide bonds. The van der Waals surface area contributed by atoms with Crippen molar-refractivity contribution in [2.45, 2.75) is 26.6 Å². The van der Waals surface area contributed by atoms with Crippen LogP contribution in [0.1, 0.15) is 30.5 Å². The highest BCUT2D eigenvalue weighted by atomic mass is 35.5. The number of rotatable bonds is 8. The number of alkyl halides is 3. The van der Waals surface area contributed by atoms with Gasteiger partial charge in [0.15, 0.2) is 0 Å². The highest BCUT2D eigenvalue weighted by molar-refractivity contribution is 6.32. The number of halogens is 5. The van der Waals surface area contributed by atoms with Gasteiger partial charge in [0.2, 0.25) is 0 Å². The average molecular weight is 487 g/mol. The lowest BCUT2D eigenvalue weighted by molar-refractivity contribution is -0.137. The fourth-order valence-corrected chi connectivity index (χ4v) is 3.22. The summed E-state index contributed by atoms with van der Waals surface area (Å²) in [6, 6.07) is 7.97. The van der Waals surface area contributed by atoms with Gasteiger partial charge in [-0.3, -0.25) is 4.79 Å². The summed E-state index contributed by atoms with van der Waals surface area (Å²) in [7, 11) is 0. The molecule has 0 fully saturated rings. The first-order valence-electron chi connectivity index (χ1n) is 9.94. The molecule has 9 heteroatoms. The van der Waals surface area contributed by atoms with Crippen molar-refractivity contribution in [3.63, 3.8) is 0 Å². The van der Waals surface area contributed by atoms with Crippen molar-refractivity contribution in [2.24, 2.45) is 0 Å². The van der Waals surface area contributed by atoms with Crippen LogP contribution in [0.4, 0.5) is 13.2 Å². The molecule has 0 unspecified atom stereocenters. The molecule has 2 aromatic rings. The largest absolute Gasteiger partial charge is 0.491 e. The zero-order chi connectivity index (χ0) is 23.7. The Morgan fingerprint density at radius 1 is 1.09 bits per heavy atom. The van der Waals surface area contributed by atoms with E-state index in [4.69, 9.17) is 27.9 Å². The third-order valence-corrected chi connectivity index (χ3v) is 5.22. The standard InChI is InChI=1S/C23H23Cl2F3N2O2/c1-3-30(4-2)11-12-32-21-9-5-16(13-20(21)25)15-29-22(31)10-7-17-6-8-18(14-19(17)24)23(26,27)28/h5-6,8-9,13-14H,3-4,11-12,15H2,1-2H3,(H,29,31). The number of ether oxygens (including phenoxy) is 1. The molecule has 0 bridgehead atoms. The SMILES string of the molecule is CCN(CC)CCOc1ccc(CNC(=O)C#Cc2ccc(C(F)(F)F)cc2Cl)cc1Cl. The first kappa shape index (κ1) is 25.9. The van der Waals surface area contributed by atoms with Crippen LogP contribution < -0.4 is 10.1 Å². The summed E-state index contributed by atoms with van der Waals surface area (Å²) in [6.45, 7) is 7.54. The van der Waals surface area contributed by atoms with E-state index < -0.39 is 17.6 Å². The lowest BCUT2D eigenvalue weighted by Crippen LogP contribution is -2.27. The molecule has 0 spiro atoms. The van der Waals surface area contributed by atoms with E-state index in [2.05, 4.69) is 35.9 Å². The lowest BCUT2D eigenvalue weighted by Gasteiger charge is -2.18. The topological polar surface area (TPSA) is 41.6 Å². The van der Waals surface area contributed by atoms with Gasteiger partial charge in [0.25, 0.3) is 5.91 Å². The third kappa shape index (κ3) is 7.94. The molecule has 0 aliphatic heterocycles. The van der Waals surface area contributed by atoms with Crippen molar-refractivity contribution in [1.82, 2.24) is 10.2 Å². The van der Waals surface area contributed by atoms with E-state index in [1.807, 2.05) is 0 Å². The maximum Gasteiger partial charge on any atom is 0.416 e. The minimum absolute atomic E-state index is 0.129. The summed E-state index contributed by atoms with van der Waals surface area (Å²) in [5.74, 6) is 4.75. The molecule has 0 atom stereocenters. The molecule has 0 saturated heterocycles. The maximum absolute atomic E-state index is 12.7. The normalized spacial score (nSPS) is 11.1. The molecule has 0 radical (unpaired) electrons. The van der Waals surface area contributed by atoms with Crippen LogP contribution in [0, 0.1) is 11.8 Å². The second-order valence-corrected chi connectivity index (χ2v) is 7.58. The minimum Gasteiger partial charge on any atom is -0.491 e. The van der Waals surface area contributed by atoms with Crippen molar-refractivity contribution >= 4 is 29.1 Å². The Hall–Kier alpha value is -2.40. The van der Waals surface area contributed by atoms with E-state index >= 15 is 0 Å². The van der Waals surface area contributed by atoms with E-state index in [-0.39, 0.29) is 17.1 Å². The fourth-order valence-electron chi connectivity index (χ4n) is 2.74. The van der Waals surface area contributed by atoms with E-state index in [1.54, 1.807) is 18.2 Å². The summed E-state index contributed by atoms with van der Waals surface area (Å²) >= 11 is 12.1. The smallest absolute Gasteiger partial charge is 0.416 e. The Morgan fingerprint density at radius 3 is 2.41 bits per heavy atom. The van der Waals surface area contributed by atoms with Crippen LogP contribution in [-0.2, 0) is 17.5 Å². The Balaban J connectivity index is 1.90. The monoisotopic (exact) mass is 486 g/mol. The van der Waals surface area contributed by atoms with Crippen LogP contribution in [-0.4, -0.2) is 37.0 Å². The highest BCUT2D eigenvalue weighted by Gasteiger charge is 2.30. The first-order chi connectivity index (χ1) is 15.1. The molecule has 172 valence electrons. The van der Waals surface area contributed by atoms with Gasteiger partial charge in [-0.25, -0.2) is 0 Å². The summed E-state index contributed by atoms with van der Waals surface area (Å²) in [5.41, 5.74) is -0.00672. The van der Waals surface area contributed by atoms with E-state index in [1.165, 1.54) is 0 Å².